The highest BCUT2D eigenvalue weighted by molar-refractivity contribution is 7.98. The zero-order valence-electron chi connectivity index (χ0n) is 12.3. The Labute approximate surface area is 126 Å². The Morgan fingerprint density at radius 1 is 1.20 bits per heavy atom. The van der Waals surface area contributed by atoms with E-state index in [0.29, 0.717) is 6.42 Å². The van der Waals surface area contributed by atoms with Crippen LogP contribution in [0.1, 0.15) is 43.7 Å². The summed E-state index contributed by atoms with van der Waals surface area (Å²) in [5, 5.41) is 2.95. The maximum absolute atomic E-state index is 11.8. The number of thioether (sulfide) groups is 1. The summed E-state index contributed by atoms with van der Waals surface area (Å²) in [5.41, 5.74) is 7.03. The van der Waals surface area contributed by atoms with Crippen molar-refractivity contribution in [3.63, 3.8) is 0 Å². The molecule has 0 bridgehead atoms. The molecule has 0 spiro atoms. The first kappa shape index (κ1) is 17.1. The number of amides is 1. The van der Waals surface area contributed by atoms with Crippen molar-refractivity contribution in [1.29, 1.82) is 0 Å². The lowest BCUT2D eigenvalue weighted by Gasteiger charge is -2.12. The van der Waals surface area contributed by atoms with Crippen molar-refractivity contribution in [2.45, 2.75) is 38.1 Å². The number of unbranched alkanes of at least 4 members (excludes halogenated alkanes) is 3. The highest BCUT2D eigenvalue weighted by Gasteiger charge is 2.10. The Hall–Kier alpha value is -1.00. The summed E-state index contributed by atoms with van der Waals surface area (Å²) in [5.74, 6) is 1.28. The van der Waals surface area contributed by atoms with Gasteiger partial charge in [-0.15, -0.1) is 0 Å². The van der Waals surface area contributed by atoms with Crippen LogP contribution in [-0.4, -0.2) is 24.5 Å². The van der Waals surface area contributed by atoms with Crippen molar-refractivity contribution >= 4 is 17.7 Å². The fourth-order valence-corrected chi connectivity index (χ4v) is 2.54. The Morgan fingerprint density at radius 2 is 1.90 bits per heavy atom. The van der Waals surface area contributed by atoms with Crippen LogP contribution in [0.4, 0.5) is 0 Å². The van der Waals surface area contributed by atoms with Crippen molar-refractivity contribution in [2.75, 3.05) is 18.6 Å². The van der Waals surface area contributed by atoms with Gasteiger partial charge < -0.3 is 11.1 Å². The minimum absolute atomic E-state index is 0.0467. The van der Waals surface area contributed by atoms with Crippen LogP contribution in [0, 0.1) is 0 Å². The quantitative estimate of drug-likeness (QED) is 0.652. The molecule has 20 heavy (non-hydrogen) atoms. The van der Waals surface area contributed by atoms with Crippen molar-refractivity contribution < 1.29 is 4.79 Å². The lowest BCUT2D eigenvalue weighted by atomic mass is 10.0. The topological polar surface area (TPSA) is 55.1 Å². The second kappa shape index (κ2) is 10.7. The van der Waals surface area contributed by atoms with E-state index in [4.69, 9.17) is 5.73 Å². The number of hydrogen-bond acceptors (Lipinski definition) is 3. The van der Waals surface area contributed by atoms with Crippen molar-refractivity contribution in [3.05, 3.63) is 35.9 Å². The van der Waals surface area contributed by atoms with E-state index in [2.05, 4.69) is 11.6 Å². The molecule has 0 aromatic heterocycles. The molecule has 1 rings (SSSR count). The molecule has 0 aliphatic rings. The molecule has 0 fully saturated rings. The second-order valence-corrected chi connectivity index (χ2v) is 5.96. The molecule has 0 aliphatic heterocycles. The lowest BCUT2D eigenvalue weighted by molar-refractivity contribution is -0.121. The minimum atomic E-state index is -0.210. The Balaban J connectivity index is 2.08. The van der Waals surface area contributed by atoms with Crippen molar-refractivity contribution in [2.24, 2.45) is 5.73 Å². The van der Waals surface area contributed by atoms with Crippen LogP contribution in [0.25, 0.3) is 0 Å². The second-order valence-electron chi connectivity index (χ2n) is 4.98. The number of carbonyl (C=O) groups excluding carboxylic acids is 1. The van der Waals surface area contributed by atoms with E-state index in [9.17, 15) is 4.79 Å². The largest absolute Gasteiger partial charge is 0.356 e. The predicted octanol–water partition coefficient (Wildman–Crippen LogP) is 3.12. The van der Waals surface area contributed by atoms with Gasteiger partial charge in [0, 0.05) is 19.0 Å². The number of hydrogen-bond donors (Lipinski definition) is 2. The Bertz CT molecular complexity index is 370. The normalized spacial score (nSPS) is 12.1. The molecule has 0 saturated carbocycles. The molecule has 0 aliphatic carbocycles. The molecule has 1 amide bonds. The first-order valence-electron chi connectivity index (χ1n) is 7.30. The zero-order chi connectivity index (χ0) is 14.6. The summed E-state index contributed by atoms with van der Waals surface area (Å²) in [4.78, 5) is 11.8. The van der Waals surface area contributed by atoms with Gasteiger partial charge >= 0.3 is 0 Å². The average Bonchev–Trinajstić information content (AvgIpc) is 2.47. The zero-order valence-corrected chi connectivity index (χ0v) is 13.1. The van der Waals surface area contributed by atoms with Gasteiger partial charge in [-0.3, -0.25) is 4.79 Å². The number of rotatable bonds is 10. The standard InChI is InChI=1S/C16H26N2OS/c1-20-12-8-3-2-7-11-18-16(19)13-15(17)14-9-5-4-6-10-14/h4-6,9-10,15H,2-3,7-8,11-13,17H2,1H3,(H,18,19). The van der Waals surface area contributed by atoms with E-state index >= 15 is 0 Å². The summed E-state index contributed by atoms with van der Waals surface area (Å²) in [6, 6.07) is 9.56. The third kappa shape index (κ3) is 7.56. The van der Waals surface area contributed by atoms with Gasteiger partial charge in [-0.25, -0.2) is 0 Å². The minimum Gasteiger partial charge on any atom is -0.356 e. The summed E-state index contributed by atoms with van der Waals surface area (Å²) >= 11 is 1.89. The molecule has 4 heteroatoms. The van der Waals surface area contributed by atoms with Crippen molar-refractivity contribution in [1.82, 2.24) is 5.32 Å². The van der Waals surface area contributed by atoms with Gasteiger partial charge in [0.05, 0.1) is 0 Å². The van der Waals surface area contributed by atoms with E-state index in [0.717, 1.165) is 18.5 Å². The van der Waals surface area contributed by atoms with Gasteiger partial charge in [0.2, 0.25) is 5.91 Å². The molecule has 0 saturated heterocycles. The van der Waals surface area contributed by atoms with E-state index in [-0.39, 0.29) is 11.9 Å². The van der Waals surface area contributed by atoms with Gasteiger partial charge in [0.15, 0.2) is 0 Å². The van der Waals surface area contributed by atoms with E-state index < -0.39 is 0 Å². The van der Waals surface area contributed by atoms with Crippen LogP contribution in [0.15, 0.2) is 30.3 Å². The van der Waals surface area contributed by atoms with Gasteiger partial charge in [0.25, 0.3) is 0 Å². The highest BCUT2D eigenvalue weighted by Crippen LogP contribution is 2.12. The first-order valence-corrected chi connectivity index (χ1v) is 8.69. The number of benzene rings is 1. The summed E-state index contributed by atoms with van der Waals surface area (Å²) < 4.78 is 0. The smallest absolute Gasteiger partial charge is 0.221 e. The molecule has 3 nitrogen and oxygen atoms in total. The molecule has 0 radical (unpaired) electrons. The maximum Gasteiger partial charge on any atom is 0.221 e. The molecule has 1 unspecified atom stereocenters. The molecule has 3 N–H and O–H groups in total. The van der Waals surface area contributed by atoms with Crippen LogP contribution >= 0.6 is 11.8 Å². The Morgan fingerprint density at radius 3 is 2.60 bits per heavy atom. The predicted molar refractivity (Wildman–Crippen MR) is 87.8 cm³/mol. The molecule has 0 heterocycles. The van der Waals surface area contributed by atoms with Crippen LogP contribution in [0.5, 0.6) is 0 Å². The van der Waals surface area contributed by atoms with Crippen LogP contribution in [0.2, 0.25) is 0 Å². The van der Waals surface area contributed by atoms with E-state index in [1.807, 2.05) is 42.1 Å². The number of nitrogens with one attached hydrogen (secondary N) is 1. The fraction of sp³-hybridized carbons (Fsp3) is 0.562. The summed E-state index contributed by atoms with van der Waals surface area (Å²) in [7, 11) is 0. The van der Waals surface area contributed by atoms with E-state index in [1.165, 1.54) is 25.0 Å². The molecule has 1 aromatic carbocycles. The highest BCUT2D eigenvalue weighted by atomic mass is 32.2. The third-order valence-corrected chi connectivity index (χ3v) is 3.93. The molecule has 1 atom stereocenters. The van der Waals surface area contributed by atoms with Gasteiger partial charge in [-0.05, 0) is 30.4 Å². The molecule has 112 valence electrons. The van der Waals surface area contributed by atoms with Gasteiger partial charge in [-0.1, -0.05) is 43.2 Å². The van der Waals surface area contributed by atoms with Crippen LogP contribution in [0.3, 0.4) is 0 Å². The lowest BCUT2D eigenvalue weighted by Crippen LogP contribution is -2.28. The molecular formula is C16H26N2OS. The molecular weight excluding hydrogens is 268 g/mol. The SMILES string of the molecule is CSCCCCCCNC(=O)CC(N)c1ccccc1. The maximum atomic E-state index is 11.8. The first-order chi connectivity index (χ1) is 9.74. The third-order valence-electron chi connectivity index (χ3n) is 3.23. The van der Waals surface area contributed by atoms with Crippen LogP contribution in [-0.2, 0) is 4.79 Å². The fourth-order valence-electron chi connectivity index (χ4n) is 2.04. The van der Waals surface area contributed by atoms with Gasteiger partial charge in [0.1, 0.15) is 0 Å². The van der Waals surface area contributed by atoms with Crippen molar-refractivity contribution in [3.8, 4) is 0 Å². The van der Waals surface area contributed by atoms with Crippen LogP contribution < -0.4 is 11.1 Å². The number of carbonyl (C=O) groups is 1. The summed E-state index contributed by atoms with van der Waals surface area (Å²) in [6.07, 6.45) is 7.26. The number of nitrogens with two attached hydrogens (primary N) is 1. The average molecular weight is 294 g/mol. The Kier molecular flexibility index (Phi) is 9.16. The van der Waals surface area contributed by atoms with E-state index in [1.54, 1.807) is 0 Å². The van der Waals surface area contributed by atoms with Gasteiger partial charge in [-0.2, -0.15) is 11.8 Å². The molecule has 1 aromatic rings. The summed E-state index contributed by atoms with van der Waals surface area (Å²) in [6.45, 7) is 0.764. The monoisotopic (exact) mass is 294 g/mol.